The number of rotatable bonds is 3. The van der Waals surface area contributed by atoms with Crippen LogP contribution in [0.15, 0.2) is 29.5 Å². The molecule has 0 saturated heterocycles. The lowest BCUT2D eigenvalue weighted by Gasteiger charge is -2.72. The van der Waals surface area contributed by atoms with Crippen LogP contribution in [0.2, 0.25) is 0 Å². The predicted octanol–water partition coefficient (Wildman–Crippen LogP) is 7.21. The second-order valence-electron chi connectivity index (χ2n) is 16.2. The Kier molecular flexibility index (Phi) is 6.56. The summed E-state index contributed by atoms with van der Waals surface area (Å²) in [5, 5.41) is 14.5. The molecule has 4 fully saturated rings. The minimum absolute atomic E-state index is 0.0582. The number of aromatic nitrogens is 1. The summed E-state index contributed by atoms with van der Waals surface area (Å²) in [5.74, 6) is 1.68. The molecular formula is C36H52N2O3. The monoisotopic (exact) mass is 560 g/mol. The van der Waals surface area contributed by atoms with E-state index in [1.54, 1.807) is 6.20 Å². The number of allylic oxidation sites excluding steroid dienone is 1. The number of pyridine rings is 1. The number of nitrogens with zero attached hydrogens (tertiary/aromatic N) is 1. The van der Waals surface area contributed by atoms with E-state index in [0.717, 1.165) is 56.2 Å². The molecule has 0 spiro atoms. The number of hydrogen-bond acceptors (Lipinski definition) is 4. The molecule has 0 radical (unpaired) electrons. The molecule has 0 bridgehead atoms. The van der Waals surface area contributed by atoms with Gasteiger partial charge in [0, 0.05) is 18.3 Å². The third-order valence-electron chi connectivity index (χ3n) is 14.0. The second-order valence-corrected chi connectivity index (χ2v) is 16.2. The molecule has 5 heteroatoms. The van der Waals surface area contributed by atoms with Crippen LogP contribution >= 0.6 is 0 Å². The summed E-state index contributed by atoms with van der Waals surface area (Å²) in [7, 11) is 0. The Labute approximate surface area is 247 Å². The summed E-state index contributed by atoms with van der Waals surface area (Å²) in [4.78, 5) is 31.9. The summed E-state index contributed by atoms with van der Waals surface area (Å²) < 4.78 is 0. The van der Waals surface area contributed by atoms with Crippen molar-refractivity contribution in [2.75, 3.05) is 0 Å². The topological polar surface area (TPSA) is 79.3 Å². The minimum Gasteiger partial charge on any atom is -0.393 e. The van der Waals surface area contributed by atoms with Crippen LogP contribution in [-0.2, 0) is 4.79 Å². The lowest BCUT2D eigenvalue weighted by atomic mass is 9.33. The zero-order chi connectivity index (χ0) is 29.8. The Morgan fingerprint density at radius 3 is 2.39 bits per heavy atom. The van der Waals surface area contributed by atoms with E-state index >= 15 is 0 Å². The van der Waals surface area contributed by atoms with Crippen molar-refractivity contribution in [2.45, 2.75) is 125 Å². The Bertz CT molecular complexity index is 1310. The number of ketones is 1. The molecule has 6 rings (SSSR count). The van der Waals surface area contributed by atoms with Crippen LogP contribution in [-0.4, -0.2) is 33.4 Å². The molecule has 224 valence electrons. The van der Waals surface area contributed by atoms with Crippen molar-refractivity contribution < 1.29 is 14.7 Å². The van der Waals surface area contributed by atoms with Crippen LogP contribution in [0, 0.1) is 52.3 Å². The van der Waals surface area contributed by atoms with Crippen LogP contribution in [0.3, 0.4) is 0 Å². The highest BCUT2D eigenvalue weighted by atomic mass is 16.3. The maximum absolute atomic E-state index is 13.8. The van der Waals surface area contributed by atoms with Crippen LogP contribution in [0.1, 0.15) is 122 Å². The Morgan fingerprint density at radius 1 is 0.976 bits per heavy atom. The first-order valence-electron chi connectivity index (χ1n) is 16.3. The number of aliphatic hydroxyl groups excluding tert-OH is 1. The Hall–Kier alpha value is -2.01. The average Bonchev–Trinajstić information content (AvgIpc) is 3.19. The summed E-state index contributed by atoms with van der Waals surface area (Å²) in [5.41, 5.74) is 3.35. The summed E-state index contributed by atoms with van der Waals surface area (Å²) >= 11 is 0. The van der Waals surface area contributed by atoms with E-state index in [1.807, 2.05) is 19.1 Å². The molecular weight excluding hydrogens is 508 g/mol. The summed E-state index contributed by atoms with van der Waals surface area (Å²) in [6.45, 7) is 18.5. The molecule has 5 aliphatic rings. The van der Waals surface area contributed by atoms with Crippen LogP contribution in [0.4, 0.5) is 0 Å². The van der Waals surface area contributed by atoms with Crippen LogP contribution in [0.25, 0.3) is 0 Å². The number of aliphatic hydroxyl groups is 1. The van der Waals surface area contributed by atoms with Gasteiger partial charge in [-0.3, -0.25) is 14.6 Å². The fourth-order valence-corrected chi connectivity index (χ4v) is 11.8. The van der Waals surface area contributed by atoms with Gasteiger partial charge in [-0.15, -0.1) is 0 Å². The fraction of sp³-hybridized carbons (Fsp3) is 0.750. The molecule has 8 atom stereocenters. The molecule has 5 aliphatic carbocycles. The van der Waals surface area contributed by atoms with E-state index in [1.165, 1.54) is 12.0 Å². The zero-order valence-electron chi connectivity index (χ0n) is 26.7. The van der Waals surface area contributed by atoms with Gasteiger partial charge in [0.05, 0.1) is 17.2 Å². The first kappa shape index (κ1) is 29.1. The molecule has 4 saturated carbocycles. The maximum atomic E-state index is 13.8. The minimum atomic E-state index is -0.596. The maximum Gasteiger partial charge on any atom is 0.253 e. The summed E-state index contributed by atoms with van der Waals surface area (Å²) in [6, 6.07) is 3.66. The first-order chi connectivity index (χ1) is 19.1. The first-order valence-corrected chi connectivity index (χ1v) is 16.3. The Balaban J connectivity index is 1.42. The van der Waals surface area contributed by atoms with Gasteiger partial charge in [0.2, 0.25) is 0 Å². The normalized spacial score (nSPS) is 43.2. The Morgan fingerprint density at radius 2 is 1.71 bits per heavy atom. The summed E-state index contributed by atoms with van der Waals surface area (Å²) in [6.07, 6.45) is 10.3. The molecule has 1 aromatic rings. The number of nitrogens with one attached hydrogen (secondary N) is 1. The van der Waals surface area contributed by atoms with Crippen LogP contribution < -0.4 is 5.32 Å². The quantitative estimate of drug-likeness (QED) is 0.409. The zero-order valence-corrected chi connectivity index (χ0v) is 26.7. The molecule has 5 nitrogen and oxygen atoms in total. The van der Waals surface area contributed by atoms with Crippen molar-refractivity contribution in [3.05, 3.63) is 40.7 Å². The number of amides is 1. The molecule has 1 heterocycles. The number of Topliss-reactive ketones (excluding diaryl/α,β-unsaturated/α-hetero) is 1. The lowest BCUT2D eigenvalue weighted by Crippen LogP contribution is -2.67. The van der Waals surface area contributed by atoms with Gasteiger partial charge in [-0.05, 0) is 127 Å². The van der Waals surface area contributed by atoms with E-state index in [2.05, 4.69) is 58.8 Å². The number of fused-ring (bicyclic) bond motifs is 7. The van der Waals surface area contributed by atoms with Gasteiger partial charge in [0.25, 0.3) is 5.91 Å². The van der Waals surface area contributed by atoms with Crippen molar-refractivity contribution in [2.24, 2.45) is 45.3 Å². The standard InChI is InChI=1S/C36H52N2O3/c1-21(2)29-25(39)20-36(38-31(41)23-10-9-19-37-22(23)3)18-17-34(7)24(30(29)36)11-12-27-33(6)15-14-28(40)32(4,5)26(33)13-16-35(27,34)8/h9-10,19,21,24,26-28,40H,11-18,20H2,1-8H3,(H,38,41)/t24-,26+,27?,28+,33+,34-,35?,36-/m1/s1. The van der Waals surface area contributed by atoms with Crippen molar-refractivity contribution in [1.82, 2.24) is 10.3 Å². The lowest BCUT2D eigenvalue weighted by molar-refractivity contribution is -0.226. The highest BCUT2D eigenvalue weighted by Gasteiger charge is 2.70. The number of carbonyl (C=O) groups is 2. The number of carbonyl (C=O) groups excluding carboxylic acids is 2. The number of aryl methyl sites for hydroxylation is 1. The average molecular weight is 561 g/mol. The van der Waals surface area contributed by atoms with Gasteiger partial charge in [0.1, 0.15) is 0 Å². The predicted molar refractivity (Wildman–Crippen MR) is 162 cm³/mol. The van der Waals surface area contributed by atoms with Gasteiger partial charge in [0.15, 0.2) is 5.78 Å². The van der Waals surface area contributed by atoms with E-state index < -0.39 is 5.54 Å². The van der Waals surface area contributed by atoms with Crippen molar-refractivity contribution in [3.63, 3.8) is 0 Å². The molecule has 2 unspecified atom stereocenters. The van der Waals surface area contributed by atoms with Crippen molar-refractivity contribution in [3.8, 4) is 0 Å². The third kappa shape index (κ3) is 3.79. The highest BCUT2D eigenvalue weighted by Crippen LogP contribution is 2.75. The van der Waals surface area contributed by atoms with E-state index in [0.29, 0.717) is 29.7 Å². The van der Waals surface area contributed by atoms with Gasteiger partial charge in [-0.1, -0.05) is 48.5 Å². The SMILES string of the molecule is Cc1ncccc1C(=O)N[C@@]12CC[C@]3(C)[C@H](CCC4C3(C)CC[C@H]3C(C)(C)[C@@H](O)CC[C@]43C)C1=C(C(C)C)C(=O)C2. The molecule has 1 amide bonds. The molecule has 0 aliphatic heterocycles. The smallest absolute Gasteiger partial charge is 0.253 e. The van der Waals surface area contributed by atoms with Crippen molar-refractivity contribution >= 4 is 11.7 Å². The van der Waals surface area contributed by atoms with Gasteiger partial charge >= 0.3 is 0 Å². The van der Waals surface area contributed by atoms with Crippen molar-refractivity contribution in [1.29, 1.82) is 0 Å². The fourth-order valence-electron chi connectivity index (χ4n) is 11.8. The second kappa shape index (κ2) is 9.24. The highest BCUT2D eigenvalue weighted by molar-refractivity contribution is 6.03. The van der Waals surface area contributed by atoms with Crippen LogP contribution in [0.5, 0.6) is 0 Å². The third-order valence-corrected chi connectivity index (χ3v) is 14.0. The largest absolute Gasteiger partial charge is 0.393 e. The number of hydrogen-bond donors (Lipinski definition) is 2. The molecule has 0 aromatic carbocycles. The van der Waals surface area contributed by atoms with E-state index in [-0.39, 0.29) is 45.4 Å². The molecule has 41 heavy (non-hydrogen) atoms. The van der Waals surface area contributed by atoms with E-state index in [9.17, 15) is 14.7 Å². The molecule has 2 N–H and O–H groups in total. The van der Waals surface area contributed by atoms with E-state index in [4.69, 9.17) is 0 Å². The van der Waals surface area contributed by atoms with Gasteiger partial charge in [-0.25, -0.2) is 0 Å². The van der Waals surface area contributed by atoms with Gasteiger partial charge < -0.3 is 10.4 Å². The molecule has 1 aromatic heterocycles. The van der Waals surface area contributed by atoms with Gasteiger partial charge in [-0.2, -0.15) is 0 Å².